The van der Waals surface area contributed by atoms with E-state index in [1.54, 1.807) is 51.1 Å². The monoisotopic (exact) mass is 410 g/mol. The van der Waals surface area contributed by atoms with Gasteiger partial charge >= 0.3 is 0 Å². The zero-order valence-electron chi connectivity index (χ0n) is 10.9. The van der Waals surface area contributed by atoms with E-state index in [4.69, 9.17) is 0 Å². The fourth-order valence-electron chi connectivity index (χ4n) is 1.38. The van der Waals surface area contributed by atoms with Crippen molar-refractivity contribution in [1.82, 2.24) is 0 Å². The molecule has 0 spiro atoms. The molecule has 2 unspecified atom stereocenters. The molecule has 0 amide bonds. The van der Waals surface area contributed by atoms with Crippen molar-refractivity contribution in [3.05, 3.63) is 35.9 Å². The molecular formula is C13H16Br2O3S. The summed E-state index contributed by atoms with van der Waals surface area (Å²) < 4.78 is 22.7. The van der Waals surface area contributed by atoms with Gasteiger partial charge in [-0.3, -0.25) is 4.79 Å². The molecule has 1 aromatic rings. The van der Waals surface area contributed by atoms with Gasteiger partial charge in [0.15, 0.2) is 15.6 Å². The predicted octanol–water partition coefficient (Wildman–Crippen LogP) is 3.57. The minimum atomic E-state index is -3.48. The van der Waals surface area contributed by atoms with E-state index in [2.05, 4.69) is 31.9 Å². The molecule has 0 N–H and O–H groups in total. The summed E-state index contributed by atoms with van der Waals surface area (Å²) in [6, 6.07) is 8.63. The Balaban J connectivity index is 3.02. The summed E-state index contributed by atoms with van der Waals surface area (Å²) >= 11 is 6.34. The van der Waals surface area contributed by atoms with E-state index < -0.39 is 23.6 Å². The number of carbonyl (C=O) groups excluding carboxylic acids is 1. The van der Waals surface area contributed by atoms with Gasteiger partial charge in [0, 0.05) is 5.56 Å². The Morgan fingerprint density at radius 2 is 1.58 bits per heavy atom. The first kappa shape index (κ1) is 16.9. The Labute approximate surface area is 131 Å². The molecule has 0 aromatic heterocycles. The molecule has 0 saturated heterocycles. The largest absolute Gasteiger partial charge is 0.293 e. The normalized spacial score (nSPS) is 15.8. The molecule has 106 valence electrons. The van der Waals surface area contributed by atoms with Crippen LogP contribution in [0.4, 0.5) is 0 Å². The lowest BCUT2D eigenvalue weighted by molar-refractivity contribution is 0.0995. The summed E-state index contributed by atoms with van der Waals surface area (Å²) in [6.07, 6.45) is 0. The fraction of sp³-hybridized carbons (Fsp3) is 0.462. The number of halogens is 2. The lowest BCUT2D eigenvalue weighted by Crippen LogP contribution is -2.41. The third-order valence-electron chi connectivity index (χ3n) is 2.69. The second kappa shape index (κ2) is 6.06. The van der Waals surface area contributed by atoms with Crippen LogP contribution in [0.3, 0.4) is 0 Å². The van der Waals surface area contributed by atoms with Gasteiger partial charge in [-0.1, -0.05) is 62.2 Å². The highest BCUT2D eigenvalue weighted by atomic mass is 79.9. The van der Waals surface area contributed by atoms with E-state index in [-0.39, 0.29) is 5.78 Å². The van der Waals surface area contributed by atoms with Crippen LogP contribution in [0.5, 0.6) is 0 Å². The summed E-state index contributed by atoms with van der Waals surface area (Å²) in [5, 5.41) is 0. The van der Waals surface area contributed by atoms with Crippen molar-refractivity contribution in [2.45, 2.75) is 34.5 Å². The highest BCUT2D eigenvalue weighted by molar-refractivity contribution is 9.13. The average Bonchev–Trinajstić information content (AvgIpc) is 2.35. The van der Waals surface area contributed by atoms with Crippen LogP contribution >= 0.6 is 31.9 Å². The van der Waals surface area contributed by atoms with Crippen molar-refractivity contribution in [3.63, 3.8) is 0 Å². The standard InChI is InChI=1S/C13H16Br2O3S/c1-13(2,3)19(17,18)12(15)10(14)11(16)9-7-5-4-6-8-9/h4-8,10,12H,1-3H3. The number of hydrogen-bond donors (Lipinski definition) is 0. The average molecular weight is 412 g/mol. The zero-order chi connectivity index (χ0) is 14.8. The Morgan fingerprint density at radius 3 is 2.00 bits per heavy atom. The van der Waals surface area contributed by atoms with Gasteiger partial charge in [0.05, 0.1) is 4.75 Å². The van der Waals surface area contributed by atoms with Crippen molar-refractivity contribution in [2.24, 2.45) is 0 Å². The molecule has 0 heterocycles. The molecule has 0 aliphatic rings. The summed E-state index contributed by atoms with van der Waals surface area (Å²) in [5.41, 5.74) is 0.484. The second-order valence-corrected chi connectivity index (χ2v) is 10.5. The highest BCUT2D eigenvalue weighted by Gasteiger charge is 2.41. The third-order valence-corrected chi connectivity index (χ3v) is 9.27. The van der Waals surface area contributed by atoms with Crippen LogP contribution in [0, 0.1) is 0 Å². The Kier molecular flexibility index (Phi) is 5.37. The third kappa shape index (κ3) is 3.67. The molecule has 0 fully saturated rings. The maximum absolute atomic E-state index is 12.3. The molecule has 0 radical (unpaired) electrons. The number of ketones is 1. The van der Waals surface area contributed by atoms with Crippen LogP contribution in [-0.4, -0.2) is 27.9 Å². The van der Waals surface area contributed by atoms with E-state index in [1.165, 1.54) is 0 Å². The Hall–Kier alpha value is -0.200. The van der Waals surface area contributed by atoms with Crippen LogP contribution in [0.25, 0.3) is 0 Å². The number of benzene rings is 1. The number of Topliss-reactive ketones (excluding diaryl/α,β-unsaturated/α-hetero) is 1. The van der Waals surface area contributed by atoms with E-state index in [1.807, 2.05) is 0 Å². The first-order valence-corrected chi connectivity index (χ1v) is 9.07. The molecule has 3 nitrogen and oxygen atoms in total. The predicted molar refractivity (Wildman–Crippen MR) is 84.9 cm³/mol. The summed E-state index contributed by atoms with van der Waals surface area (Å²) in [6.45, 7) is 4.84. The minimum absolute atomic E-state index is 0.254. The first-order chi connectivity index (χ1) is 8.59. The molecule has 1 rings (SSSR count). The van der Waals surface area contributed by atoms with Crippen LogP contribution in [0.1, 0.15) is 31.1 Å². The number of sulfone groups is 1. The number of carbonyl (C=O) groups is 1. The summed E-state index contributed by atoms with van der Waals surface area (Å²) in [4.78, 5) is 11.4. The Bertz CT molecular complexity index is 547. The summed E-state index contributed by atoms with van der Waals surface area (Å²) in [5.74, 6) is -0.254. The maximum atomic E-state index is 12.3. The molecule has 19 heavy (non-hydrogen) atoms. The van der Waals surface area contributed by atoms with Crippen molar-refractivity contribution in [3.8, 4) is 0 Å². The quantitative estimate of drug-likeness (QED) is 0.562. The molecule has 0 saturated carbocycles. The molecular weight excluding hydrogens is 396 g/mol. The van der Waals surface area contributed by atoms with E-state index in [0.29, 0.717) is 5.56 Å². The van der Waals surface area contributed by atoms with Gasteiger partial charge in [-0.15, -0.1) is 0 Å². The molecule has 0 aliphatic heterocycles. The van der Waals surface area contributed by atoms with Gasteiger partial charge in [-0.2, -0.15) is 0 Å². The molecule has 1 aromatic carbocycles. The fourth-order valence-corrected chi connectivity index (χ4v) is 5.53. The molecule has 0 aliphatic carbocycles. The van der Waals surface area contributed by atoms with E-state index in [0.717, 1.165) is 0 Å². The maximum Gasteiger partial charge on any atom is 0.178 e. The Morgan fingerprint density at radius 1 is 1.11 bits per heavy atom. The van der Waals surface area contributed by atoms with Gasteiger partial charge < -0.3 is 0 Å². The molecule has 6 heteroatoms. The van der Waals surface area contributed by atoms with E-state index in [9.17, 15) is 13.2 Å². The van der Waals surface area contributed by atoms with Crippen LogP contribution in [0.15, 0.2) is 30.3 Å². The lowest BCUT2D eigenvalue weighted by atomic mass is 10.1. The van der Waals surface area contributed by atoms with Crippen molar-refractivity contribution in [1.29, 1.82) is 0 Å². The molecule has 0 bridgehead atoms. The highest BCUT2D eigenvalue weighted by Crippen LogP contribution is 2.31. The second-order valence-electron chi connectivity index (χ2n) is 5.14. The SMILES string of the molecule is CC(C)(C)S(=O)(=O)C(Br)C(Br)C(=O)c1ccccc1. The van der Waals surface area contributed by atoms with E-state index >= 15 is 0 Å². The van der Waals surface area contributed by atoms with Gasteiger partial charge in [0.25, 0.3) is 0 Å². The van der Waals surface area contributed by atoms with Gasteiger partial charge in [0.2, 0.25) is 0 Å². The first-order valence-electron chi connectivity index (χ1n) is 5.70. The smallest absolute Gasteiger partial charge is 0.178 e. The van der Waals surface area contributed by atoms with Crippen LogP contribution in [0.2, 0.25) is 0 Å². The number of alkyl halides is 2. The van der Waals surface area contributed by atoms with Gasteiger partial charge in [-0.25, -0.2) is 8.42 Å². The van der Waals surface area contributed by atoms with Crippen LogP contribution in [-0.2, 0) is 9.84 Å². The van der Waals surface area contributed by atoms with Crippen molar-refractivity contribution >= 4 is 47.5 Å². The van der Waals surface area contributed by atoms with Gasteiger partial charge in [-0.05, 0) is 20.8 Å². The minimum Gasteiger partial charge on any atom is -0.293 e. The number of hydrogen-bond acceptors (Lipinski definition) is 3. The zero-order valence-corrected chi connectivity index (χ0v) is 14.9. The van der Waals surface area contributed by atoms with Crippen molar-refractivity contribution in [2.75, 3.05) is 0 Å². The molecule has 2 atom stereocenters. The van der Waals surface area contributed by atoms with Crippen molar-refractivity contribution < 1.29 is 13.2 Å². The van der Waals surface area contributed by atoms with Crippen LogP contribution < -0.4 is 0 Å². The number of rotatable bonds is 4. The topological polar surface area (TPSA) is 51.2 Å². The van der Waals surface area contributed by atoms with Gasteiger partial charge in [0.1, 0.15) is 8.99 Å². The lowest BCUT2D eigenvalue weighted by Gasteiger charge is -2.25. The summed E-state index contributed by atoms with van der Waals surface area (Å²) in [7, 11) is -3.48.